The number of hydrogen-bond acceptors (Lipinski definition) is 4. The molecule has 5 heteroatoms. The van der Waals surface area contributed by atoms with E-state index in [2.05, 4.69) is 5.32 Å². The zero-order valence-electron chi connectivity index (χ0n) is 10.7. The molecular weight excluding hydrogens is 258 g/mol. The van der Waals surface area contributed by atoms with Gasteiger partial charge in [-0.1, -0.05) is 12.1 Å². The van der Waals surface area contributed by atoms with Crippen LogP contribution in [0, 0.1) is 5.92 Å². The summed E-state index contributed by atoms with van der Waals surface area (Å²) >= 11 is 0. The third kappa shape index (κ3) is 2.06. The average Bonchev–Trinajstić information content (AvgIpc) is 2.88. The fourth-order valence-corrected chi connectivity index (χ4v) is 2.83. The van der Waals surface area contributed by atoms with E-state index >= 15 is 0 Å². The van der Waals surface area contributed by atoms with E-state index in [-0.39, 0.29) is 17.5 Å². The van der Waals surface area contributed by atoms with Gasteiger partial charge < -0.3 is 20.6 Å². The molecule has 0 bridgehead atoms. The minimum atomic E-state index is -0.831. The molecule has 2 atom stereocenters. The summed E-state index contributed by atoms with van der Waals surface area (Å²) < 4.78 is 0. The largest absolute Gasteiger partial charge is 0.508 e. The van der Waals surface area contributed by atoms with E-state index in [1.807, 2.05) is 0 Å². The molecule has 0 radical (unpaired) electrons. The van der Waals surface area contributed by atoms with Crippen molar-refractivity contribution < 1.29 is 20.1 Å². The van der Waals surface area contributed by atoms with Crippen molar-refractivity contribution in [3.63, 3.8) is 0 Å². The van der Waals surface area contributed by atoms with Crippen molar-refractivity contribution in [1.29, 1.82) is 0 Å². The number of carboxylic acid groups (broad SMARTS) is 1. The summed E-state index contributed by atoms with van der Waals surface area (Å²) in [5.41, 5.74) is 0.655. The molecule has 2 aromatic carbocycles. The molecule has 0 spiro atoms. The Morgan fingerprint density at radius 2 is 1.95 bits per heavy atom. The SMILES string of the molecule is O=C(O)C1CNC(c2c(O)ccc3ccc(O)cc23)C1. The van der Waals surface area contributed by atoms with E-state index in [1.165, 1.54) is 0 Å². The molecule has 2 unspecified atom stereocenters. The quantitative estimate of drug-likeness (QED) is 0.672. The Labute approximate surface area is 115 Å². The van der Waals surface area contributed by atoms with Gasteiger partial charge in [-0.3, -0.25) is 4.79 Å². The van der Waals surface area contributed by atoms with Gasteiger partial charge >= 0.3 is 5.97 Å². The van der Waals surface area contributed by atoms with Crippen LogP contribution in [0.3, 0.4) is 0 Å². The minimum Gasteiger partial charge on any atom is -0.508 e. The van der Waals surface area contributed by atoms with Gasteiger partial charge in [-0.2, -0.15) is 0 Å². The molecule has 1 saturated heterocycles. The minimum absolute atomic E-state index is 0.117. The molecule has 1 aliphatic heterocycles. The lowest BCUT2D eigenvalue weighted by molar-refractivity contribution is -0.141. The maximum absolute atomic E-state index is 11.0. The van der Waals surface area contributed by atoms with Crippen LogP contribution in [-0.4, -0.2) is 27.8 Å². The first-order valence-electron chi connectivity index (χ1n) is 6.47. The monoisotopic (exact) mass is 273 g/mol. The zero-order chi connectivity index (χ0) is 14.3. The van der Waals surface area contributed by atoms with E-state index in [4.69, 9.17) is 5.11 Å². The van der Waals surface area contributed by atoms with Crippen LogP contribution < -0.4 is 5.32 Å². The Kier molecular flexibility index (Phi) is 2.99. The third-order valence-corrected chi connectivity index (χ3v) is 3.85. The molecule has 4 N–H and O–H groups in total. The number of benzene rings is 2. The summed E-state index contributed by atoms with van der Waals surface area (Å²) in [6, 6.07) is 8.12. The van der Waals surface area contributed by atoms with Crippen molar-refractivity contribution >= 4 is 16.7 Å². The van der Waals surface area contributed by atoms with Crippen LogP contribution in [0.4, 0.5) is 0 Å². The molecule has 0 aromatic heterocycles. The summed E-state index contributed by atoms with van der Waals surface area (Å²) in [7, 11) is 0. The second-order valence-corrected chi connectivity index (χ2v) is 5.14. The molecule has 1 fully saturated rings. The predicted molar refractivity (Wildman–Crippen MR) is 73.8 cm³/mol. The molecule has 20 heavy (non-hydrogen) atoms. The van der Waals surface area contributed by atoms with Gasteiger partial charge in [-0.25, -0.2) is 0 Å². The van der Waals surface area contributed by atoms with Gasteiger partial charge in [0.25, 0.3) is 0 Å². The first-order valence-corrected chi connectivity index (χ1v) is 6.47. The first-order chi connectivity index (χ1) is 9.56. The Morgan fingerprint density at radius 3 is 2.65 bits per heavy atom. The lowest BCUT2D eigenvalue weighted by atomic mass is 9.94. The third-order valence-electron chi connectivity index (χ3n) is 3.85. The highest BCUT2D eigenvalue weighted by Crippen LogP contribution is 2.38. The number of rotatable bonds is 2. The van der Waals surface area contributed by atoms with Gasteiger partial charge in [0.15, 0.2) is 0 Å². The number of aromatic hydroxyl groups is 2. The van der Waals surface area contributed by atoms with E-state index in [1.54, 1.807) is 30.3 Å². The summed E-state index contributed by atoms with van der Waals surface area (Å²) in [5.74, 6) is -1.04. The highest BCUT2D eigenvalue weighted by molar-refractivity contribution is 5.89. The van der Waals surface area contributed by atoms with Gasteiger partial charge in [-0.05, 0) is 35.4 Å². The van der Waals surface area contributed by atoms with Crippen molar-refractivity contribution in [2.24, 2.45) is 5.92 Å². The number of nitrogens with one attached hydrogen (secondary N) is 1. The highest BCUT2D eigenvalue weighted by Gasteiger charge is 2.32. The Hall–Kier alpha value is -2.27. The molecule has 0 amide bonds. The molecular formula is C15H15NO4. The van der Waals surface area contributed by atoms with Crippen LogP contribution in [0.15, 0.2) is 30.3 Å². The summed E-state index contributed by atoms with van der Waals surface area (Å²) in [4.78, 5) is 11.0. The number of hydrogen-bond donors (Lipinski definition) is 4. The summed E-state index contributed by atoms with van der Waals surface area (Å²) in [6.45, 7) is 0.384. The van der Waals surface area contributed by atoms with Crippen molar-refractivity contribution in [3.05, 3.63) is 35.9 Å². The predicted octanol–water partition coefficient (Wildman–Crippen LogP) is 1.99. The molecule has 104 valence electrons. The van der Waals surface area contributed by atoms with E-state index in [9.17, 15) is 15.0 Å². The number of aliphatic carboxylic acids is 1. The molecule has 0 saturated carbocycles. The topological polar surface area (TPSA) is 89.8 Å². The fraction of sp³-hybridized carbons (Fsp3) is 0.267. The number of fused-ring (bicyclic) bond motifs is 1. The number of phenolic OH excluding ortho intramolecular Hbond substituents is 2. The number of carboxylic acids is 1. The van der Waals surface area contributed by atoms with Gasteiger partial charge in [-0.15, -0.1) is 0 Å². The number of carbonyl (C=O) groups is 1. The van der Waals surface area contributed by atoms with Crippen molar-refractivity contribution in [3.8, 4) is 11.5 Å². The van der Waals surface area contributed by atoms with Crippen LogP contribution >= 0.6 is 0 Å². The first kappa shape index (κ1) is 12.7. The van der Waals surface area contributed by atoms with Crippen molar-refractivity contribution in [2.75, 3.05) is 6.54 Å². The van der Waals surface area contributed by atoms with Crippen LogP contribution in [-0.2, 0) is 4.79 Å². The smallest absolute Gasteiger partial charge is 0.307 e. The lowest BCUT2D eigenvalue weighted by Gasteiger charge is -2.16. The zero-order valence-corrected chi connectivity index (χ0v) is 10.7. The lowest BCUT2D eigenvalue weighted by Crippen LogP contribution is -2.17. The molecule has 2 aromatic rings. The standard InChI is InChI=1S/C15H15NO4/c17-10-3-1-8-2-4-13(18)14(11(8)6-10)12-5-9(7-16-12)15(19)20/h1-4,6,9,12,16-18H,5,7H2,(H,19,20). The van der Waals surface area contributed by atoms with Gasteiger partial charge in [0.1, 0.15) is 11.5 Å². The van der Waals surface area contributed by atoms with Crippen molar-refractivity contribution in [2.45, 2.75) is 12.5 Å². The summed E-state index contributed by atoms with van der Waals surface area (Å²) in [6.07, 6.45) is 0.428. The fourth-order valence-electron chi connectivity index (χ4n) is 2.83. The second-order valence-electron chi connectivity index (χ2n) is 5.14. The molecule has 3 rings (SSSR count). The van der Waals surface area contributed by atoms with Gasteiger partial charge in [0, 0.05) is 18.2 Å². The summed E-state index contributed by atoms with van der Waals surface area (Å²) in [5, 5.41) is 33.6. The Bertz CT molecular complexity index is 678. The molecule has 0 aliphatic carbocycles. The van der Waals surface area contributed by atoms with E-state index < -0.39 is 11.9 Å². The van der Waals surface area contributed by atoms with Gasteiger partial charge in [0.2, 0.25) is 0 Å². The molecule has 5 nitrogen and oxygen atoms in total. The maximum atomic E-state index is 11.0. The van der Waals surface area contributed by atoms with Gasteiger partial charge in [0.05, 0.1) is 5.92 Å². The van der Waals surface area contributed by atoms with Crippen molar-refractivity contribution in [1.82, 2.24) is 5.32 Å². The van der Waals surface area contributed by atoms with Crippen LogP contribution in [0.25, 0.3) is 10.8 Å². The molecule has 1 heterocycles. The average molecular weight is 273 g/mol. The Morgan fingerprint density at radius 1 is 1.20 bits per heavy atom. The van der Waals surface area contributed by atoms with E-state index in [0.717, 1.165) is 10.8 Å². The van der Waals surface area contributed by atoms with E-state index in [0.29, 0.717) is 18.5 Å². The van der Waals surface area contributed by atoms with Crippen LogP contribution in [0.1, 0.15) is 18.0 Å². The molecule has 1 aliphatic rings. The van der Waals surface area contributed by atoms with Crippen LogP contribution in [0.2, 0.25) is 0 Å². The van der Waals surface area contributed by atoms with Crippen LogP contribution in [0.5, 0.6) is 11.5 Å². The number of phenols is 2. The maximum Gasteiger partial charge on any atom is 0.307 e. The highest BCUT2D eigenvalue weighted by atomic mass is 16.4. The second kappa shape index (κ2) is 4.68. The normalized spacial score (nSPS) is 22.2. The Balaban J connectivity index is 2.09.